The maximum Gasteiger partial charge on any atom is 0.329 e. The monoisotopic (exact) mass is 393 g/mol. The number of imide groups is 1. The molecule has 0 unspecified atom stereocenters. The van der Waals surface area contributed by atoms with Crippen molar-refractivity contribution in [3.05, 3.63) is 70.8 Å². The molecule has 2 amide bonds. The molecule has 2 aromatic rings. The molecule has 2 aromatic carbocycles. The summed E-state index contributed by atoms with van der Waals surface area (Å²) in [5, 5.41) is 0. The van der Waals surface area contributed by atoms with Gasteiger partial charge in [-0.15, -0.1) is 0 Å². The fraction of sp³-hybridized carbons (Fsp3) is 0.304. The molecular formula is C23H23NO5. The van der Waals surface area contributed by atoms with Crippen LogP contribution in [-0.4, -0.2) is 41.1 Å². The number of ether oxygens (including phenoxy) is 1. The van der Waals surface area contributed by atoms with E-state index in [2.05, 4.69) is 0 Å². The third-order valence-corrected chi connectivity index (χ3v) is 4.82. The highest BCUT2D eigenvalue weighted by molar-refractivity contribution is 6.22. The molecule has 6 nitrogen and oxygen atoms in total. The van der Waals surface area contributed by atoms with Crippen LogP contribution in [0, 0.1) is 12.8 Å². The maximum atomic E-state index is 12.8. The predicted octanol–water partition coefficient (Wildman–Crippen LogP) is 3.43. The fourth-order valence-electron chi connectivity index (χ4n) is 3.30. The zero-order valence-corrected chi connectivity index (χ0v) is 16.7. The number of esters is 1. The minimum absolute atomic E-state index is 0.0321. The molecule has 0 spiro atoms. The molecule has 0 saturated heterocycles. The number of hydrogen-bond acceptors (Lipinski definition) is 5. The van der Waals surface area contributed by atoms with Crippen LogP contribution in [0.2, 0.25) is 0 Å². The molecule has 150 valence electrons. The number of fused-ring (bicyclic) bond motifs is 1. The van der Waals surface area contributed by atoms with E-state index in [1.54, 1.807) is 48.5 Å². The zero-order valence-electron chi connectivity index (χ0n) is 16.7. The summed E-state index contributed by atoms with van der Waals surface area (Å²) in [5.74, 6) is -2.10. The number of rotatable bonds is 7. The Morgan fingerprint density at radius 2 is 1.48 bits per heavy atom. The average molecular weight is 393 g/mol. The van der Waals surface area contributed by atoms with E-state index in [1.165, 1.54) is 0 Å². The first kappa shape index (κ1) is 20.5. The zero-order chi connectivity index (χ0) is 21.1. The van der Waals surface area contributed by atoms with Crippen molar-refractivity contribution in [2.24, 2.45) is 5.92 Å². The van der Waals surface area contributed by atoms with Crippen LogP contribution in [0.1, 0.15) is 56.9 Å². The molecule has 1 aliphatic heterocycles. The third kappa shape index (κ3) is 4.26. The Kier molecular flexibility index (Phi) is 5.92. The van der Waals surface area contributed by atoms with E-state index in [0.717, 1.165) is 10.5 Å². The lowest BCUT2D eigenvalue weighted by molar-refractivity contribution is -0.147. The molecule has 1 atom stereocenters. The number of amides is 2. The molecule has 0 N–H and O–H groups in total. The van der Waals surface area contributed by atoms with Crippen molar-refractivity contribution >= 4 is 23.6 Å². The van der Waals surface area contributed by atoms with Crippen molar-refractivity contribution in [3.8, 4) is 0 Å². The first-order valence-electron chi connectivity index (χ1n) is 9.53. The first-order chi connectivity index (χ1) is 13.8. The van der Waals surface area contributed by atoms with Gasteiger partial charge in [-0.2, -0.15) is 0 Å². The van der Waals surface area contributed by atoms with Crippen molar-refractivity contribution in [3.63, 3.8) is 0 Å². The fourth-order valence-corrected chi connectivity index (χ4v) is 3.30. The molecule has 0 fully saturated rings. The highest BCUT2D eigenvalue weighted by Gasteiger charge is 2.43. The van der Waals surface area contributed by atoms with Crippen LogP contribution in [0.25, 0.3) is 0 Å². The number of carbonyl (C=O) groups excluding carboxylic acids is 4. The van der Waals surface area contributed by atoms with Gasteiger partial charge in [0.05, 0.1) is 11.1 Å². The lowest BCUT2D eigenvalue weighted by Gasteiger charge is -2.25. The van der Waals surface area contributed by atoms with Crippen molar-refractivity contribution in [2.45, 2.75) is 33.2 Å². The Morgan fingerprint density at radius 1 is 0.931 bits per heavy atom. The summed E-state index contributed by atoms with van der Waals surface area (Å²) in [7, 11) is 0. The average Bonchev–Trinajstić information content (AvgIpc) is 2.95. The number of nitrogens with zero attached hydrogens (tertiary/aromatic N) is 1. The number of hydrogen-bond donors (Lipinski definition) is 0. The van der Waals surface area contributed by atoms with Crippen molar-refractivity contribution in [1.29, 1.82) is 0 Å². The maximum absolute atomic E-state index is 12.8. The van der Waals surface area contributed by atoms with Crippen LogP contribution in [-0.2, 0) is 9.53 Å². The van der Waals surface area contributed by atoms with Crippen LogP contribution in [0.3, 0.4) is 0 Å². The van der Waals surface area contributed by atoms with Crippen molar-refractivity contribution < 1.29 is 23.9 Å². The topological polar surface area (TPSA) is 80.8 Å². The number of Topliss-reactive ketones (excluding diaryl/α,β-unsaturated/α-hetero) is 1. The number of carbonyl (C=O) groups is 4. The Morgan fingerprint density at radius 3 is 2.00 bits per heavy atom. The minimum Gasteiger partial charge on any atom is -0.456 e. The summed E-state index contributed by atoms with van der Waals surface area (Å²) in [6, 6.07) is 12.3. The summed E-state index contributed by atoms with van der Waals surface area (Å²) in [5.41, 5.74) is 2.00. The van der Waals surface area contributed by atoms with Crippen LogP contribution in [0.5, 0.6) is 0 Å². The van der Waals surface area contributed by atoms with Gasteiger partial charge in [-0.05, 0) is 31.4 Å². The first-order valence-corrected chi connectivity index (χ1v) is 9.53. The van der Waals surface area contributed by atoms with Crippen molar-refractivity contribution in [2.75, 3.05) is 6.61 Å². The third-order valence-electron chi connectivity index (χ3n) is 4.82. The Bertz CT molecular complexity index is 926. The molecular weight excluding hydrogens is 370 g/mol. The van der Waals surface area contributed by atoms with Gasteiger partial charge in [-0.25, -0.2) is 4.79 Å². The number of ketones is 1. The second kappa shape index (κ2) is 8.39. The molecule has 1 aliphatic rings. The lowest BCUT2D eigenvalue weighted by Crippen LogP contribution is -2.46. The molecule has 0 radical (unpaired) electrons. The van der Waals surface area contributed by atoms with E-state index < -0.39 is 30.4 Å². The van der Waals surface area contributed by atoms with Gasteiger partial charge in [0.1, 0.15) is 6.04 Å². The minimum atomic E-state index is -1.08. The summed E-state index contributed by atoms with van der Waals surface area (Å²) < 4.78 is 5.22. The molecule has 6 heteroatoms. The van der Waals surface area contributed by atoms with Crippen molar-refractivity contribution in [1.82, 2.24) is 4.90 Å². The van der Waals surface area contributed by atoms with Gasteiger partial charge < -0.3 is 4.74 Å². The molecule has 0 saturated carbocycles. The second-order valence-electron chi connectivity index (χ2n) is 7.57. The highest BCUT2D eigenvalue weighted by Crippen LogP contribution is 2.27. The number of aryl methyl sites for hydroxylation is 1. The van der Waals surface area contributed by atoms with Gasteiger partial charge in [0.2, 0.25) is 0 Å². The smallest absolute Gasteiger partial charge is 0.329 e. The summed E-state index contributed by atoms with van der Waals surface area (Å²) >= 11 is 0. The van der Waals surface area contributed by atoms with Gasteiger partial charge in [0, 0.05) is 5.56 Å². The van der Waals surface area contributed by atoms with Crippen LogP contribution < -0.4 is 0 Å². The van der Waals surface area contributed by atoms with Gasteiger partial charge in [-0.3, -0.25) is 19.3 Å². The Hall–Kier alpha value is -3.28. The molecule has 3 rings (SSSR count). The van der Waals surface area contributed by atoms with E-state index in [0.29, 0.717) is 5.56 Å². The van der Waals surface area contributed by atoms with E-state index >= 15 is 0 Å². The van der Waals surface area contributed by atoms with E-state index in [-0.39, 0.29) is 29.2 Å². The van der Waals surface area contributed by atoms with Gasteiger partial charge in [0.15, 0.2) is 12.4 Å². The Labute approximate surface area is 169 Å². The van der Waals surface area contributed by atoms with E-state index in [1.807, 2.05) is 20.8 Å². The lowest BCUT2D eigenvalue weighted by atomic mass is 10.0. The molecule has 0 aromatic heterocycles. The van der Waals surface area contributed by atoms with Crippen LogP contribution >= 0.6 is 0 Å². The second-order valence-corrected chi connectivity index (χ2v) is 7.57. The molecule has 0 aliphatic carbocycles. The summed E-state index contributed by atoms with van der Waals surface area (Å²) in [6.45, 7) is 5.23. The highest BCUT2D eigenvalue weighted by atomic mass is 16.5. The van der Waals surface area contributed by atoms with Crippen LogP contribution in [0.15, 0.2) is 48.5 Å². The summed E-state index contributed by atoms with van der Waals surface area (Å²) in [4.78, 5) is 51.6. The van der Waals surface area contributed by atoms with E-state index in [9.17, 15) is 19.2 Å². The normalized spacial score (nSPS) is 14.1. The largest absolute Gasteiger partial charge is 0.456 e. The Balaban J connectivity index is 1.76. The summed E-state index contributed by atoms with van der Waals surface area (Å²) in [6.07, 6.45) is 0.253. The molecule has 1 heterocycles. The number of benzene rings is 2. The predicted molar refractivity (Wildman–Crippen MR) is 107 cm³/mol. The van der Waals surface area contributed by atoms with Gasteiger partial charge in [-0.1, -0.05) is 55.8 Å². The van der Waals surface area contributed by atoms with Gasteiger partial charge >= 0.3 is 5.97 Å². The quantitative estimate of drug-likeness (QED) is 0.409. The molecule has 0 bridgehead atoms. The SMILES string of the molecule is Cc1ccc(C(=O)COC(=O)[C@H](CC(C)C)N2C(=O)c3ccccc3C2=O)cc1. The van der Waals surface area contributed by atoms with Gasteiger partial charge in [0.25, 0.3) is 11.8 Å². The molecule has 29 heavy (non-hydrogen) atoms. The van der Waals surface area contributed by atoms with E-state index in [4.69, 9.17) is 4.74 Å². The van der Waals surface area contributed by atoms with Crippen LogP contribution in [0.4, 0.5) is 0 Å². The standard InChI is InChI=1S/C23H23NO5/c1-14(2)12-19(24-21(26)17-6-4-5-7-18(17)22(24)27)23(28)29-13-20(25)16-10-8-15(3)9-11-16/h4-11,14,19H,12-13H2,1-3H3/t19-/m0/s1.